The van der Waals surface area contributed by atoms with Crippen molar-refractivity contribution < 1.29 is 23.9 Å². The number of hydrazone groups is 1. The number of nitrogens with one attached hydrogen (secondary N) is 2. The summed E-state index contributed by atoms with van der Waals surface area (Å²) in [6, 6.07) is 18.6. The van der Waals surface area contributed by atoms with Crippen molar-refractivity contribution in [3.8, 4) is 11.5 Å². The van der Waals surface area contributed by atoms with Gasteiger partial charge in [-0.15, -0.1) is 0 Å². The number of nitrogens with zero attached hydrogens (tertiary/aromatic N) is 1. The van der Waals surface area contributed by atoms with Crippen LogP contribution in [0.4, 0.5) is 0 Å². The van der Waals surface area contributed by atoms with Gasteiger partial charge in [-0.2, -0.15) is 5.10 Å². The summed E-state index contributed by atoms with van der Waals surface area (Å²) in [5.41, 5.74) is 3.78. The largest absolute Gasteiger partial charge is 0.490 e. The summed E-state index contributed by atoms with van der Waals surface area (Å²) in [4.78, 5) is 36.6. The van der Waals surface area contributed by atoms with Gasteiger partial charge in [0.2, 0.25) is 0 Å². The highest BCUT2D eigenvalue weighted by atomic mass is 79.9. The van der Waals surface area contributed by atoms with Crippen LogP contribution in [0.15, 0.2) is 80.8 Å². The summed E-state index contributed by atoms with van der Waals surface area (Å²) in [5, 5.41) is 6.43. The lowest BCUT2D eigenvalue weighted by Gasteiger charge is -2.11. The van der Waals surface area contributed by atoms with Crippen LogP contribution in [0.2, 0.25) is 0 Å². The molecule has 0 spiro atoms. The molecule has 0 fully saturated rings. The van der Waals surface area contributed by atoms with E-state index in [1.807, 2.05) is 6.92 Å². The van der Waals surface area contributed by atoms with Gasteiger partial charge in [-0.3, -0.25) is 9.59 Å². The summed E-state index contributed by atoms with van der Waals surface area (Å²) in [6.45, 7) is 1.92. The van der Waals surface area contributed by atoms with Crippen molar-refractivity contribution in [1.82, 2.24) is 10.7 Å². The van der Waals surface area contributed by atoms with Gasteiger partial charge in [0.15, 0.2) is 11.5 Å². The van der Waals surface area contributed by atoms with Crippen LogP contribution in [0.3, 0.4) is 0 Å². The standard InChI is InChI=1S/C25H21Br2N3O5/c1-2-34-22-13-16(7-12-21(22)35-25(33)17-8-10-18(26)11-9-17)14-29-30-23(31)15-28-24(32)19-5-3-4-6-20(19)27/h3-14H,2,15H2,1H3,(H,28,32)(H,30,31). The number of esters is 1. The van der Waals surface area contributed by atoms with Crippen molar-refractivity contribution in [3.05, 3.63) is 92.4 Å². The molecule has 0 aliphatic heterocycles. The van der Waals surface area contributed by atoms with Crippen LogP contribution >= 0.6 is 31.9 Å². The Morgan fingerprint density at radius 1 is 0.971 bits per heavy atom. The van der Waals surface area contributed by atoms with Gasteiger partial charge >= 0.3 is 5.97 Å². The summed E-state index contributed by atoms with van der Waals surface area (Å²) >= 11 is 6.62. The zero-order chi connectivity index (χ0) is 25.2. The highest BCUT2D eigenvalue weighted by Gasteiger charge is 2.14. The summed E-state index contributed by atoms with van der Waals surface area (Å²) in [7, 11) is 0. The monoisotopic (exact) mass is 601 g/mol. The van der Waals surface area contributed by atoms with E-state index in [-0.39, 0.29) is 18.2 Å². The molecule has 0 aliphatic carbocycles. The molecule has 0 saturated heterocycles. The molecule has 180 valence electrons. The molecule has 0 atom stereocenters. The summed E-state index contributed by atoms with van der Waals surface area (Å²) < 4.78 is 12.6. The van der Waals surface area contributed by atoms with Crippen molar-refractivity contribution in [2.45, 2.75) is 6.92 Å². The number of carbonyl (C=O) groups excluding carboxylic acids is 3. The summed E-state index contributed by atoms with van der Waals surface area (Å²) in [5.74, 6) is -0.778. The van der Waals surface area contributed by atoms with Crippen LogP contribution < -0.4 is 20.2 Å². The van der Waals surface area contributed by atoms with E-state index in [0.29, 0.717) is 33.5 Å². The molecular weight excluding hydrogens is 582 g/mol. The Balaban J connectivity index is 1.57. The van der Waals surface area contributed by atoms with Crippen LogP contribution in [0.25, 0.3) is 0 Å². The molecule has 3 aromatic carbocycles. The lowest BCUT2D eigenvalue weighted by atomic mass is 10.2. The maximum absolute atomic E-state index is 12.4. The first-order valence-corrected chi connectivity index (χ1v) is 12.0. The van der Waals surface area contributed by atoms with Crippen molar-refractivity contribution in [2.75, 3.05) is 13.2 Å². The molecule has 2 N–H and O–H groups in total. The molecule has 8 nitrogen and oxygen atoms in total. The minimum Gasteiger partial charge on any atom is -0.490 e. The minimum absolute atomic E-state index is 0.243. The van der Waals surface area contributed by atoms with Gasteiger partial charge in [0, 0.05) is 8.95 Å². The Morgan fingerprint density at radius 3 is 2.43 bits per heavy atom. The van der Waals surface area contributed by atoms with E-state index in [4.69, 9.17) is 9.47 Å². The second-order valence-electron chi connectivity index (χ2n) is 6.99. The van der Waals surface area contributed by atoms with E-state index in [9.17, 15) is 14.4 Å². The van der Waals surface area contributed by atoms with Crippen LogP contribution in [0.1, 0.15) is 33.2 Å². The quantitative estimate of drug-likeness (QED) is 0.160. The number of amides is 2. The second kappa shape index (κ2) is 12.8. The van der Waals surface area contributed by atoms with Gasteiger partial charge in [0.25, 0.3) is 11.8 Å². The normalized spacial score (nSPS) is 10.6. The maximum Gasteiger partial charge on any atom is 0.343 e. The Labute approximate surface area is 219 Å². The number of rotatable bonds is 9. The average molecular weight is 603 g/mol. The van der Waals surface area contributed by atoms with Gasteiger partial charge in [-0.1, -0.05) is 28.1 Å². The number of hydrogen-bond donors (Lipinski definition) is 2. The van der Waals surface area contributed by atoms with Crippen LogP contribution in [0.5, 0.6) is 11.5 Å². The third kappa shape index (κ3) is 7.76. The topological polar surface area (TPSA) is 106 Å². The fraction of sp³-hybridized carbons (Fsp3) is 0.120. The number of halogens is 2. The molecule has 35 heavy (non-hydrogen) atoms. The number of benzene rings is 3. The molecule has 3 rings (SSSR count). The molecule has 3 aromatic rings. The Kier molecular flexibility index (Phi) is 9.56. The molecule has 0 unspecified atom stereocenters. The Bertz CT molecular complexity index is 1250. The molecule has 0 radical (unpaired) electrons. The van der Waals surface area contributed by atoms with Crippen molar-refractivity contribution in [2.24, 2.45) is 5.10 Å². The number of carbonyl (C=O) groups is 3. The molecule has 0 saturated carbocycles. The minimum atomic E-state index is -0.517. The predicted octanol–water partition coefficient (Wildman–Crippen LogP) is 4.71. The zero-order valence-electron chi connectivity index (χ0n) is 18.6. The Morgan fingerprint density at radius 2 is 1.71 bits per heavy atom. The van der Waals surface area contributed by atoms with Crippen molar-refractivity contribution >= 4 is 55.9 Å². The molecule has 0 bridgehead atoms. The first kappa shape index (κ1) is 26.1. The van der Waals surface area contributed by atoms with Crippen LogP contribution in [-0.2, 0) is 4.79 Å². The molecule has 10 heteroatoms. The fourth-order valence-electron chi connectivity index (χ4n) is 2.82. The second-order valence-corrected chi connectivity index (χ2v) is 8.76. The van der Waals surface area contributed by atoms with Gasteiger partial charge in [0.05, 0.1) is 30.5 Å². The van der Waals surface area contributed by atoms with Gasteiger partial charge < -0.3 is 14.8 Å². The number of hydrogen-bond acceptors (Lipinski definition) is 6. The van der Waals surface area contributed by atoms with Crippen LogP contribution in [0, 0.1) is 0 Å². The van der Waals surface area contributed by atoms with Gasteiger partial charge in [0.1, 0.15) is 0 Å². The van der Waals surface area contributed by atoms with E-state index >= 15 is 0 Å². The van der Waals surface area contributed by atoms with Crippen molar-refractivity contribution in [3.63, 3.8) is 0 Å². The molecule has 0 heterocycles. The predicted molar refractivity (Wildman–Crippen MR) is 139 cm³/mol. The first-order valence-electron chi connectivity index (χ1n) is 10.5. The highest BCUT2D eigenvalue weighted by molar-refractivity contribution is 9.10. The lowest BCUT2D eigenvalue weighted by molar-refractivity contribution is -0.120. The number of ether oxygens (including phenoxy) is 2. The lowest BCUT2D eigenvalue weighted by Crippen LogP contribution is -2.35. The molecular formula is C25H21Br2N3O5. The van der Waals surface area contributed by atoms with Gasteiger partial charge in [-0.05, 0) is 83.0 Å². The van der Waals surface area contributed by atoms with Crippen molar-refractivity contribution in [1.29, 1.82) is 0 Å². The smallest absolute Gasteiger partial charge is 0.343 e. The zero-order valence-corrected chi connectivity index (χ0v) is 21.8. The van der Waals surface area contributed by atoms with Crippen LogP contribution in [-0.4, -0.2) is 37.1 Å². The van der Waals surface area contributed by atoms with Gasteiger partial charge in [-0.25, -0.2) is 10.2 Å². The Hall–Kier alpha value is -3.50. The highest BCUT2D eigenvalue weighted by Crippen LogP contribution is 2.29. The fourth-order valence-corrected chi connectivity index (χ4v) is 3.55. The molecule has 0 aliphatic rings. The maximum atomic E-state index is 12.4. The third-order valence-corrected chi connectivity index (χ3v) is 5.70. The van der Waals surface area contributed by atoms with E-state index in [1.165, 1.54) is 6.21 Å². The van der Waals surface area contributed by atoms with E-state index in [0.717, 1.165) is 4.47 Å². The van der Waals surface area contributed by atoms with E-state index in [2.05, 4.69) is 47.7 Å². The van der Waals surface area contributed by atoms with E-state index < -0.39 is 11.9 Å². The third-order valence-electron chi connectivity index (χ3n) is 4.48. The first-order chi connectivity index (χ1) is 16.9. The van der Waals surface area contributed by atoms with E-state index in [1.54, 1.807) is 66.7 Å². The SMILES string of the molecule is CCOc1cc(C=NNC(=O)CNC(=O)c2ccccc2Br)ccc1OC(=O)c1ccc(Br)cc1. The average Bonchev–Trinajstić information content (AvgIpc) is 2.85. The summed E-state index contributed by atoms with van der Waals surface area (Å²) in [6.07, 6.45) is 1.41. The molecule has 2 amide bonds. The molecule has 0 aromatic heterocycles.